The average Bonchev–Trinajstić information content (AvgIpc) is 2.85. The Balaban J connectivity index is 1.68. The molecule has 0 atom stereocenters. The number of hydrogen-bond acceptors (Lipinski definition) is 3. The quantitative estimate of drug-likeness (QED) is 0.143. The van der Waals surface area contributed by atoms with Crippen LogP contribution < -0.4 is 0 Å². The maximum absolute atomic E-state index is 12.8. The normalized spacial score (nSPS) is 30.1. The first-order chi connectivity index (χ1) is 17.8. The lowest BCUT2D eigenvalue weighted by atomic mass is 9.37. The Hall–Kier alpha value is -0.990. The Kier molecular flexibility index (Phi) is 11.9. The van der Waals surface area contributed by atoms with E-state index in [1.807, 2.05) is 0 Å². The summed E-state index contributed by atoms with van der Waals surface area (Å²) >= 11 is 0. The van der Waals surface area contributed by atoms with Crippen LogP contribution in [-0.4, -0.2) is 17.3 Å². The minimum atomic E-state index is 0.274. The highest BCUT2D eigenvalue weighted by atomic mass is 16.1. The highest BCUT2D eigenvalue weighted by Crippen LogP contribution is 2.73. The fourth-order valence-corrected chi connectivity index (χ4v) is 9.20. The first kappa shape index (κ1) is 30.6. The van der Waals surface area contributed by atoms with Crippen LogP contribution in [0.4, 0.5) is 0 Å². The lowest BCUT2D eigenvalue weighted by Gasteiger charge is -2.67. The van der Waals surface area contributed by atoms with Gasteiger partial charge in [-0.05, 0) is 99.2 Å². The van der Waals surface area contributed by atoms with Gasteiger partial charge in [-0.25, -0.2) is 0 Å². The molecule has 0 radical (unpaired) electrons. The van der Waals surface area contributed by atoms with Crippen LogP contribution in [0.25, 0.3) is 0 Å². The van der Waals surface area contributed by atoms with Crippen molar-refractivity contribution in [1.29, 1.82) is 0 Å². The van der Waals surface area contributed by atoms with Crippen LogP contribution in [0.5, 0.6) is 0 Å². The molecule has 3 heteroatoms. The van der Waals surface area contributed by atoms with Gasteiger partial charge in [0.05, 0.1) is 0 Å². The molecular weight excluding hydrogens is 456 g/mol. The van der Waals surface area contributed by atoms with Gasteiger partial charge in [0.15, 0.2) is 0 Å². The molecule has 0 aromatic rings. The summed E-state index contributed by atoms with van der Waals surface area (Å²) in [7, 11) is 0. The van der Waals surface area contributed by atoms with E-state index < -0.39 is 0 Å². The van der Waals surface area contributed by atoms with Gasteiger partial charge < -0.3 is 0 Å². The monoisotopic (exact) mass is 514 g/mol. The molecule has 0 amide bonds. The van der Waals surface area contributed by atoms with E-state index in [1.54, 1.807) is 0 Å². The number of rotatable bonds is 21. The lowest BCUT2D eigenvalue weighted by Crippen LogP contribution is -2.57. The molecule has 4 aliphatic rings. The summed E-state index contributed by atoms with van der Waals surface area (Å²) in [5, 5.41) is 0. The summed E-state index contributed by atoms with van der Waals surface area (Å²) in [6, 6.07) is 0. The third kappa shape index (κ3) is 9.03. The fraction of sp³-hybridized carbons (Fsp3) is 0.912. The predicted octanol–water partition coefficient (Wildman–Crippen LogP) is 9.73. The Morgan fingerprint density at radius 2 is 0.784 bits per heavy atom. The van der Waals surface area contributed by atoms with E-state index in [9.17, 15) is 14.4 Å². The van der Waals surface area contributed by atoms with Crippen molar-refractivity contribution in [1.82, 2.24) is 0 Å². The van der Waals surface area contributed by atoms with E-state index in [2.05, 4.69) is 20.8 Å². The molecule has 0 aromatic heterocycles. The zero-order valence-electron chi connectivity index (χ0n) is 24.8. The second-order valence-electron chi connectivity index (χ2n) is 14.0. The Morgan fingerprint density at radius 3 is 1.05 bits per heavy atom. The van der Waals surface area contributed by atoms with Gasteiger partial charge in [0.1, 0.15) is 17.3 Å². The van der Waals surface area contributed by atoms with Crippen molar-refractivity contribution in [3.63, 3.8) is 0 Å². The number of Topliss-reactive ketones (excluding diaryl/α,β-unsaturated/α-hetero) is 3. The molecule has 3 nitrogen and oxygen atoms in total. The maximum Gasteiger partial charge on any atom is 0.132 e. The molecule has 0 N–H and O–H groups in total. The first-order valence-electron chi connectivity index (χ1n) is 16.3. The van der Waals surface area contributed by atoms with Crippen LogP contribution in [0.15, 0.2) is 0 Å². The van der Waals surface area contributed by atoms with Gasteiger partial charge in [0.2, 0.25) is 0 Å². The molecule has 4 aliphatic carbocycles. The third-order valence-electron chi connectivity index (χ3n) is 10.4. The van der Waals surface area contributed by atoms with Gasteiger partial charge in [0, 0.05) is 38.5 Å². The Bertz CT molecular complexity index is 644. The maximum atomic E-state index is 12.8. The molecule has 0 aromatic carbocycles. The Morgan fingerprint density at radius 1 is 0.486 bits per heavy atom. The van der Waals surface area contributed by atoms with Crippen molar-refractivity contribution in [3.8, 4) is 0 Å². The molecule has 0 spiro atoms. The zero-order chi connectivity index (χ0) is 26.8. The van der Waals surface area contributed by atoms with Gasteiger partial charge in [-0.15, -0.1) is 0 Å². The number of carbonyl (C=O) groups excluding carboxylic acids is 3. The predicted molar refractivity (Wildman–Crippen MR) is 154 cm³/mol. The van der Waals surface area contributed by atoms with E-state index >= 15 is 0 Å². The van der Waals surface area contributed by atoms with Crippen molar-refractivity contribution < 1.29 is 14.4 Å². The van der Waals surface area contributed by atoms with Gasteiger partial charge in [-0.1, -0.05) is 59.3 Å². The van der Waals surface area contributed by atoms with Crippen LogP contribution in [0.2, 0.25) is 0 Å². The van der Waals surface area contributed by atoms with Gasteiger partial charge in [0.25, 0.3) is 0 Å². The van der Waals surface area contributed by atoms with Crippen LogP contribution in [0.1, 0.15) is 175 Å². The number of carbonyl (C=O) groups is 3. The molecule has 4 rings (SSSR count). The summed E-state index contributed by atoms with van der Waals surface area (Å²) in [6.07, 6.45) is 25.3. The molecule has 212 valence electrons. The second-order valence-corrected chi connectivity index (χ2v) is 14.0. The van der Waals surface area contributed by atoms with Gasteiger partial charge in [-0.3, -0.25) is 14.4 Å². The third-order valence-corrected chi connectivity index (χ3v) is 10.4. The van der Waals surface area contributed by atoms with E-state index in [0.29, 0.717) is 17.3 Å². The van der Waals surface area contributed by atoms with E-state index in [4.69, 9.17) is 0 Å². The van der Waals surface area contributed by atoms with Crippen LogP contribution in [0, 0.1) is 22.2 Å². The van der Waals surface area contributed by atoms with Crippen LogP contribution in [0.3, 0.4) is 0 Å². The minimum Gasteiger partial charge on any atom is -0.300 e. The molecule has 37 heavy (non-hydrogen) atoms. The second kappa shape index (κ2) is 14.4. The molecule has 4 fully saturated rings. The van der Waals surface area contributed by atoms with Crippen molar-refractivity contribution >= 4 is 17.3 Å². The summed E-state index contributed by atoms with van der Waals surface area (Å²) in [4.78, 5) is 38.3. The largest absolute Gasteiger partial charge is 0.300 e. The Labute approximate surface area is 228 Å². The molecule has 0 heterocycles. The molecule has 0 unspecified atom stereocenters. The summed E-state index contributed by atoms with van der Waals surface area (Å²) in [6.45, 7) is 6.59. The smallest absolute Gasteiger partial charge is 0.132 e. The molecule has 4 saturated carbocycles. The molecule has 0 aliphatic heterocycles. The zero-order valence-corrected chi connectivity index (χ0v) is 24.8. The SMILES string of the molecule is CCCCCC(=O)CCC12CC3CC(CCC(=O)CCCCC)(C1)CC(CCC(=O)CCCCC)(C3)C2. The number of ketones is 3. The number of unbranched alkanes of at least 4 members (excludes halogenated alkanes) is 6. The van der Waals surface area contributed by atoms with Crippen LogP contribution in [-0.2, 0) is 14.4 Å². The minimum absolute atomic E-state index is 0.274. The standard InChI is InChI=1S/C34H58O3/c1-4-7-10-13-29(35)16-19-32-22-28-23-33(25-32,20-17-30(36)14-11-8-5-2)27-34(24-28,26-32)21-18-31(37)15-12-9-6-3/h28H,4-27H2,1-3H3. The highest BCUT2D eigenvalue weighted by Gasteiger charge is 2.62. The highest BCUT2D eigenvalue weighted by molar-refractivity contribution is 5.79. The summed E-state index contributed by atoms with van der Waals surface area (Å²) < 4.78 is 0. The van der Waals surface area contributed by atoms with Crippen molar-refractivity contribution in [3.05, 3.63) is 0 Å². The average molecular weight is 515 g/mol. The summed E-state index contributed by atoms with van der Waals surface area (Å²) in [5.41, 5.74) is 0.822. The van der Waals surface area contributed by atoms with Gasteiger partial charge in [-0.2, -0.15) is 0 Å². The van der Waals surface area contributed by atoms with Crippen molar-refractivity contribution in [2.24, 2.45) is 22.2 Å². The number of hydrogen-bond donors (Lipinski definition) is 0. The lowest BCUT2D eigenvalue weighted by molar-refractivity contribution is -0.171. The van der Waals surface area contributed by atoms with Crippen LogP contribution >= 0.6 is 0 Å². The molecule has 0 saturated heterocycles. The van der Waals surface area contributed by atoms with E-state index in [1.165, 1.54) is 38.5 Å². The van der Waals surface area contributed by atoms with Gasteiger partial charge >= 0.3 is 0 Å². The molecule has 4 bridgehead atoms. The van der Waals surface area contributed by atoms with E-state index in [-0.39, 0.29) is 16.2 Å². The van der Waals surface area contributed by atoms with E-state index in [0.717, 1.165) is 121 Å². The van der Waals surface area contributed by atoms with Crippen molar-refractivity contribution in [2.75, 3.05) is 0 Å². The fourth-order valence-electron chi connectivity index (χ4n) is 9.20. The van der Waals surface area contributed by atoms with Crippen molar-refractivity contribution in [2.45, 2.75) is 175 Å². The molecular formula is C34H58O3. The topological polar surface area (TPSA) is 51.2 Å². The first-order valence-corrected chi connectivity index (χ1v) is 16.3. The summed E-state index contributed by atoms with van der Waals surface area (Å²) in [5.74, 6) is 2.12.